The second-order valence-corrected chi connectivity index (χ2v) is 5.59. The van der Waals surface area contributed by atoms with Crippen molar-refractivity contribution in [2.45, 2.75) is 32.3 Å². The lowest BCUT2D eigenvalue weighted by Gasteiger charge is -2.31. The number of hydrogen-bond acceptors (Lipinski definition) is 3. The molecule has 0 aliphatic carbocycles. The number of ether oxygens (including phenoxy) is 1. The van der Waals surface area contributed by atoms with Gasteiger partial charge in [-0.2, -0.15) is 0 Å². The molecule has 0 saturated carbocycles. The Balaban J connectivity index is 1.57. The number of piperidine rings is 1. The highest BCUT2D eigenvalue weighted by molar-refractivity contribution is 5.98. The van der Waals surface area contributed by atoms with Crippen LogP contribution in [0.3, 0.4) is 0 Å². The second kappa shape index (κ2) is 6.79. The van der Waals surface area contributed by atoms with Gasteiger partial charge in [0.15, 0.2) is 0 Å². The van der Waals surface area contributed by atoms with E-state index in [2.05, 4.69) is 22.2 Å². The van der Waals surface area contributed by atoms with Gasteiger partial charge in [-0.05, 0) is 31.4 Å². The zero-order valence-corrected chi connectivity index (χ0v) is 12.8. The monoisotopic (exact) mass is 302 g/mol. The van der Waals surface area contributed by atoms with Crippen LogP contribution in [0.5, 0.6) is 0 Å². The number of pyridine rings is 1. The molecule has 118 valence electrons. The lowest BCUT2D eigenvalue weighted by Crippen LogP contribution is -2.43. The summed E-state index contributed by atoms with van der Waals surface area (Å²) in [5.41, 5.74) is 2.44. The highest BCUT2D eigenvalue weighted by Crippen LogP contribution is 2.21. The zero-order chi connectivity index (χ0) is 15.4. The van der Waals surface area contributed by atoms with Gasteiger partial charge in [-0.15, -0.1) is 0 Å². The van der Waals surface area contributed by atoms with E-state index in [1.807, 2.05) is 17.0 Å². The topological polar surface area (TPSA) is 70.2 Å². The third-order valence-electron chi connectivity index (χ3n) is 3.96. The summed E-state index contributed by atoms with van der Waals surface area (Å²) in [5.74, 6) is 0. The third kappa shape index (κ3) is 3.22. The van der Waals surface area contributed by atoms with E-state index in [1.165, 1.54) is 0 Å². The molecule has 1 fully saturated rings. The minimum Gasteiger partial charge on any atom is -0.378 e. The fourth-order valence-corrected chi connectivity index (χ4v) is 2.75. The lowest BCUT2D eigenvalue weighted by molar-refractivity contribution is 0.0163. The van der Waals surface area contributed by atoms with Gasteiger partial charge < -0.3 is 19.9 Å². The van der Waals surface area contributed by atoms with E-state index in [0.717, 1.165) is 55.7 Å². The van der Waals surface area contributed by atoms with E-state index in [0.29, 0.717) is 6.10 Å². The smallest absolute Gasteiger partial charge is 0.321 e. The molecule has 0 radical (unpaired) electrons. The summed E-state index contributed by atoms with van der Waals surface area (Å²) < 4.78 is 5.75. The molecule has 22 heavy (non-hydrogen) atoms. The number of anilines is 1. The van der Waals surface area contributed by atoms with Gasteiger partial charge in [0.1, 0.15) is 5.52 Å². The van der Waals surface area contributed by atoms with E-state index in [-0.39, 0.29) is 6.03 Å². The van der Waals surface area contributed by atoms with Crippen LogP contribution in [0, 0.1) is 0 Å². The molecular weight excluding hydrogens is 280 g/mol. The second-order valence-electron chi connectivity index (χ2n) is 5.59. The Kier molecular flexibility index (Phi) is 4.58. The first-order chi connectivity index (χ1) is 10.8. The number of aromatic nitrogens is 2. The molecule has 6 nitrogen and oxygen atoms in total. The van der Waals surface area contributed by atoms with Crippen molar-refractivity contribution in [3.8, 4) is 0 Å². The van der Waals surface area contributed by atoms with Crippen molar-refractivity contribution in [3.63, 3.8) is 0 Å². The van der Waals surface area contributed by atoms with Crippen molar-refractivity contribution in [2.75, 3.05) is 25.0 Å². The first kappa shape index (κ1) is 14.8. The van der Waals surface area contributed by atoms with Crippen molar-refractivity contribution in [1.29, 1.82) is 0 Å². The zero-order valence-electron chi connectivity index (χ0n) is 12.8. The molecule has 0 atom stereocenters. The number of urea groups is 1. The van der Waals surface area contributed by atoms with Crippen molar-refractivity contribution >= 4 is 22.8 Å². The quantitative estimate of drug-likeness (QED) is 0.912. The van der Waals surface area contributed by atoms with Crippen molar-refractivity contribution in [1.82, 2.24) is 14.9 Å². The Morgan fingerprint density at radius 2 is 2.32 bits per heavy atom. The molecular formula is C16H22N4O2. The Hall–Kier alpha value is -2.08. The van der Waals surface area contributed by atoms with Crippen LogP contribution in [-0.4, -0.2) is 46.7 Å². The van der Waals surface area contributed by atoms with Crippen LogP contribution in [0.15, 0.2) is 24.5 Å². The molecule has 1 saturated heterocycles. The largest absolute Gasteiger partial charge is 0.378 e. The molecule has 0 aromatic carbocycles. The van der Waals surface area contributed by atoms with Crippen LogP contribution >= 0.6 is 0 Å². The molecule has 0 spiro atoms. The van der Waals surface area contributed by atoms with Crippen LogP contribution in [-0.2, 0) is 4.74 Å². The molecule has 3 rings (SSSR count). The Labute approximate surface area is 129 Å². The van der Waals surface area contributed by atoms with E-state index in [1.54, 1.807) is 12.4 Å². The first-order valence-corrected chi connectivity index (χ1v) is 7.87. The van der Waals surface area contributed by atoms with Crippen LogP contribution < -0.4 is 5.32 Å². The van der Waals surface area contributed by atoms with Gasteiger partial charge in [0.05, 0.1) is 17.3 Å². The van der Waals surface area contributed by atoms with Gasteiger partial charge in [0.2, 0.25) is 0 Å². The lowest BCUT2D eigenvalue weighted by atomic mass is 10.1. The average Bonchev–Trinajstić information content (AvgIpc) is 2.96. The van der Waals surface area contributed by atoms with Crippen LogP contribution in [0.25, 0.3) is 11.0 Å². The summed E-state index contributed by atoms with van der Waals surface area (Å²) in [6.07, 6.45) is 6.64. The molecule has 2 aromatic rings. The minimum atomic E-state index is -0.0690. The number of fused-ring (bicyclic) bond motifs is 1. The molecule has 1 aliphatic rings. The molecule has 2 aromatic heterocycles. The Morgan fingerprint density at radius 1 is 1.50 bits per heavy atom. The Morgan fingerprint density at radius 3 is 3.09 bits per heavy atom. The predicted octanol–water partition coefficient (Wildman–Crippen LogP) is 2.99. The first-order valence-electron chi connectivity index (χ1n) is 7.87. The molecule has 0 bridgehead atoms. The summed E-state index contributed by atoms with van der Waals surface area (Å²) in [6, 6.07) is 3.74. The number of amides is 2. The van der Waals surface area contributed by atoms with Crippen LogP contribution in [0.1, 0.15) is 26.2 Å². The average molecular weight is 302 g/mol. The fraction of sp³-hybridized carbons (Fsp3) is 0.500. The maximum atomic E-state index is 12.4. The summed E-state index contributed by atoms with van der Waals surface area (Å²) >= 11 is 0. The standard InChI is InChI=1S/C16H22N4O2/c1-2-10-22-12-5-8-20(9-6-12)16(21)19-14-11-18-13-4-3-7-17-15(13)14/h3-4,7,11-12,18H,2,5-6,8-10H2,1H3,(H,19,21). The number of H-pyrrole nitrogens is 1. The number of nitrogens with zero attached hydrogens (tertiary/aromatic N) is 2. The molecule has 2 N–H and O–H groups in total. The highest BCUT2D eigenvalue weighted by Gasteiger charge is 2.23. The van der Waals surface area contributed by atoms with Gasteiger partial charge in [-0.25, -0.2) is 4.79 Å². The molecule has 0 unspecified atom stereocenters. The number of likely N-dealkylation sites (tertiary alicyclic amines) is 1. The molecule has 2 amide bonds. The Bertz CT molecular complexity index is 632. The number of carbonyl (C=O) groups is 1. The van der Waals surface area contributed by atoms with E-state index in [4.69, 9.17) is 4.74 Å². The van der Waals surface area contributed by atoms with Gasteiger partial charge in [-0.1, -0.05) is 6.92 Å². The van der Waals surface area contributed by atoms with E-state index in [9.17, 15) is 4.79 Å². The fourth-order valence-electron chi connectivity index (χ4n) is 2.75. The van der Waals surface area contributed by atoms with Crippen molar-refractivity contribution in [3.05, 3.63) is 24.5 Å². The summed E-state index contributed by atoms with van der Waals surface area (Å²) in [5, 5.41) is 2.95. The molecule has 1 aliphatic heterocycles. The molecule has 3 heterocycles. The van der Waals surface area contributed by atoms with E-state index < -0.39 is 0 Å². The molecule has 6 heteroatoms. The third-order valence-corrected chi connectivity index (χ3v) is 3.96. The van der Waals surface area contributed by atoms with Crippen LogP contribution in [0.4, 0.5) is 10.5 Å². The van der Waals surface area contributed by atoms with Crippen molar-refractivity contribution in [2.24, 2.45) is 0 Å². The summed E-state index contributed by atoms with van der Waals surface area (Å²) in [4.78, 5) is 21.6. The van der Waals surface area contributed by atoms with Gasteiger partial charge >= 0.3 is 6.03 Å². The SMILES string of the molecule is CCCOC1CCN(C(=O)Nc2c[nH]c3cccnc23)CC1. The normalized spacial score (nSPS) is 16.1. The number of nitrogens with one attached hydrogen (secondary N) is 2. The highest BCUT2D eigenvalue weighted by atomic mass is 16.5. The van der Waals surface area contributed by atoms with Gasteiger partial charge in [-0.3, -0.25) is 4.98 Å². The van der Waals surface area contributed by atoms with Crippen LogP contribution in [0.2, 0.25) is 0 Å². The summed E-state index contributed by atoms with van der Waals surface area (Å²) in [7, 11) is 0. The summed E-state index contributed by atoms with van der Waals surface area (Å²) in [6.45, 7) is 4.38. The minimum absolute atomic E-state index is 0.0690. The number of hydrogen-bond donors (Lipinski definition) is 2. The van der Waals surface area contributed by atoms with Crippen molar-refractivity contribution < 1.29 is 9.53 Å². The van der Waals surface area contributed by atoms with Gasteiger partial charge in [0, 0.05) is 32.1 Å². The number of aromatic amines is 1. The predicted molar refractivity (Wildman–Crippen MR) is 86.0 cm³/mol. The van der Waals surface area contributed by atoms with E-state index >= 15 is 0 Å². The maximum Gasteiger partial charge on any atom is 0.321 e. The van der Waals surface area contributed by atoms with Gasteiger partial charge in [0.25, 0.3) is 0 Å². The number of rotatable bonds is 4. The number of carbonyl (C=O) groups excluding carboxylic acids is 1. The maximum absolute atomic E-state index is 12.4.